The molecule has 0 amide bonds. The highest BCUT2D eigenvalue weighted by Gasteiger charge is 1.96. The lowest BCUT2D eigenvalue weighted by molar-refractivity contribution is -0.139. The molecule has 0 aliphatic carbocycles. The van der Waals surface area contributed by atoms with Gasteiger partial charge in [-0.15, -0.1) is 0 Å². The van der Waals surface area contributed by atoms with Crippen molar-refractivity contribution < 1.29 is 28.5 Å². The zero-order chi connectivity index (χ0) is 17.7. The van der Waals surface area contributed by atoms with Crippen molar-refractivity contribution in [2.45, 2.75) is 25.7 Å². The van der Waals surface area contributed by atoms with Gasteiger partial charge in [0.15, 0.2) is 0 Å². The lowest BCUT2D eigenvalue weighted by atomic mass is 10.2. The Hall–Kier alpha value is -0.220. The molecule has 0 unspecified atom stereocenters. The van der Waals surface area contributed by atoms with Crippen molar-refractivity contribution in [1.29, 1.82) is 0 Å². The average Bonchev–Trinajstić information content (AvgIpc) is 2.60. The van der Waals surface area contributed by atoms with Crippen molar-refractivity contribution in [3.05, 3.63) is 12.7 Å². The van der Waals surface area contributed by atoms with E-state index in [0.717, 1.165) is 19.1 Å². The zero-order valence-corrected chi connectivity index (χ0v) is 16.7. The summed E-state index contributed by atoms with van der Waals surface area (Å²) in [5.41, 5.74) is 0. The first-order chi connectivity index (χ1) is 11.8. The van der Waals surface area contributed by atoms with E-state index in [1.54, 1.807) is 0 Å². The summed E-state index contributed by atoms with van der Waals surface area (Å²) in [5, 5.41) is 0. The van der Waals surface area contributed by atoms with E-state index in [1.165, 1.54) is 23.7 Å². The van der Waals surface area contributed by atoms with Gasteiger partial charge < -0.3 is 23.7 Å². The summed E-state index contributed by atoms with van der Waals surface area (Å²) >= 11 is 2.41. The quantitative estimate of drug-likeness (QED) is 0.0976. The van der Waals surface area contributed by atoms with Crippen molar-refractivity contribution in [2.75, 3.05) is 63.9 Å². The van der Waals surface area contributed by atoms with Gasteiger partial charge in [0, 0.05) is 12.7 Å². The van der Waals surface area contributed by atoms with Crippen LogP contribution in [0.15, 0.2) is 12.7 Å². The van der Waals surface area contributed by atoms with Gasteiger partial charge >= 0.3 is 5.97 Å². The van der Waals surface area contributed by atoms with Crippen LogP contribution in [0.3, 0.4) is 0 Å². The lowest BCUT2D eigenvalue weighted by Gasteiger charge is -2.07. The Bertz CT molecular complexity index is 288. The van der Waals surface area contributed by atoms with Crippen molar-refractivity contribution in [2.24, 2.45) is 0 Å². The summed E-state index contributed by atoms with van der Waals surface area (Å²) < 4.78 is 27.5. The number of unbranched alkanes of at least 4 members (excludes halogenated alkanes) is 3. The van der Waals surface area contributed by atoms with Crippen molar-refractivity contribution in [3.63, 3.8) is 0 Å². The standard InChI is InChI=1S/C17H31IO6/c1-2-17(19)24-16-15-23-14-13-22-12-11-21-10-9-20-8-6-4-3-5-7-18/h2H,1,3-16H2. The molecule has 0 rings (SSSR count). The second-order valence-electron chi connectivity index (χ2n) is 4.92. The summed E-state index contributed by atoms with van der Waals surface area (Å²) in [4.78, 5) is 10.7. The molecular weight excluding hydrogens is 427 g/mol. The molecule has 0 aromatic rings. The number of hydrogen-bond acceptors (Lipinski definition) is 6. The number of hydrogen-bond donors (Lipinski definition) is 0. The SMILES string of the molecule is C=CC(=O)OCCOCCOCCOCCOCCCCCCI. The van der Waals surface area contributed by atoms with Crippen LogP contribution in [0.5, 0.6) is 0 Å². The van der Waals surface area contributed by atoms with Crippen LogP contribution in [0.2, 0.25) is 0 Å². The largest absolute Gasteiger partial charge is 0.460 e. The first kappa shape index (κ1) is 23.8. The number of halogens is 1. The van der Waals surface area contributed by atoms with Gasteiger partial charge in [-0.1, -0.05) is 42.0 Å². The smallest absolute Gasteiger partial charge is 0.330 e. The number of carbonyl (C=O) groups excluding carboxylic acids is 1. The van der Waals surface area contributed by atoms with E-state index >= 15 is 0 Å². The van der Waals surface area contributed by atoms with Gasteiger partial charge in [0.05, 0.1) is 46.2 Å². The Morgan fingerprint density at radius 3 is 1.67 bits per heavy atom. The molecule has 0 bridgehead atoms. The number of esters is 1. The van der Waals surface area contributed by atoms with Crippen LogP contribution in [-0.4, -0.2) is 69.9 Å². The highest BCUT2D eigenvalue weighted by molar-refractivity contribution is 14.1. The van der Waals surface area contributed by atoms with E-state index < -0.39 is 5.97 Å². The summed E-state index contributed by atoms with van der Waals surface area (Å²) in [5.74, 6) is -0.438. The predicted octanol–water partition coefficient (Wildman–Crippen LogP) is 2.78. The molecule has 0 heterocycles. The van der Waals surface area contributed by atoms with Crippen LogP contribution in [0.4, 0.5) is 0 Å². The predicted molar refractivity (Wildman–Crippen MR) is 102 cm³/mol. The lowest BCUT2D eigenvalue weighted by Crippen LogP contribution is -2.14. The van der Waals surface area contributed by atoms with Crippen molar-refractivity contribution >= 4 is 28.6 Å². The average molecular weight is 458 g/mol. The summed E-state index contributed by atoms with van der Waals surface area (Å²) in [7, 11) is 0. The molecule has 7 heteroatoms. The molecule has 0 N–H and O–H groups in total. The first-order valence-electron chi connectivity index (χ1n) is 8.47. The van der Waals surface area contributed by atoms with Crippen LogP contribution in [0, 0.1) is 0 Å². The molecule has 0 saturated heterocycles. The van der Waals surface area contributed by atoms with E-state index in [9.17, 15) is 4.79 Å². The molecule has 0 atom stereocenters. The topological polar surface area (TPSA) is 63.2 Å². The molecular formula is C17H31IO6. The molecule has 0 saturated carbocycles. The Balaban J connectivity index is 3.00. The zero-order valence-electron chi connectivity index (χ0n) is 14.5. The fourth-order valence-corrected chi connectivity index (χ4v) is 2.21. The number of carbonyl (C=O) groups is 1. The first-order valence-corrected chi connectivity index (χ1v) is 10.00. The second-order valence-corrected chi connectivity index (χ2v) is 6.00. The number of ether oxygens (including phenoxy) is 5. The third kappa shape index (κ3) is 19.8. The molecule has 24 heavy (non-hydrogen) atoms. The fourth-order valence-electron chi connectivity index (χ4n) is 1.67. The molecule has 6 nitrogen and oxygen atoms in total. The van der Waals surface area contributed by atoms with Crippen LogP contribution < -0.4 is 0 Å². The van der Waals surface area contributed by atoms with Gasteiger partial charge in [0.2, 0.25) is 0 Å². The summed E-state index contributed by atoms with van der Waals surface area (Å²) in [6.07, 6.45) is 6.10. The minimum atomic E-state index is -0.438. The Morgan fingerprint density at radius 2 is 1.17 bits per heavy atom. The fraction of sp³-hybridized carbons (Fsp3) is 0.824. The molecule has 0 fully saturated rings. The van der Waals surface area contributed by atoms with Crippen LogP contribution in [0.1, 0.15) is 25.7 Å². The van der Waals surface area contributed by atoms with Crippen molar-refractivity contribution in [3.8, 4) is 0 Å². The molecule has 0 aromatic carbocycles. The Kier molecular flexibility index (Phi) is 20.6. The van der Waals surface area contributed by atoms with Crippen LogP contribution in [-0.2, 0) is 28.5 Å². The second kappa shape index (κ2) is 20.8. The minimum absolute atomic E-state index is 0.228. The van der Waals surface area contributed by atoms with E-state index in [0.29, 0.717) is 46.2 Å². The number of rotatable bonds is 19. The molecule has 0 radical (unpaired) electrons. The highest BCUT2D eigenvalue weighted by atomic mass is 127. The maximum absolute atomic E-state index is 10.7. The summed E-state index contributed by atoms with van der Waals surface area (Å²) in [6, 6.07) is 0. The van der Waals surface area contributed by atoms with Gasteiger partial charge in [0.25, 0.3) is 0 Å². The minimum Gasteiger partial charge on any atom is -0.460 e. The van der Waals surface area contributed by atoms with Gasteiger partial charge in [-0.05, 0) is 17.3 Å². The third-order valence-electron chi connectivity index (χ3n) is 2.93. The molecule has 0 aliphatic heterocycles. The molecule has 0 aromatic heterocycles. The van der Waals surface area contributed by atoms with Crippen LogP contribution >= 0.6 is 22.6 Å². The normalized spacial score (nSPS) is 10.7. The Morgan fingerprint density at radius 1 is 0.708 bits per heavy atom. The van der Waals surface area contributed by atoms with Gasteiger partial charge in [-0.3, -0.25) is 0 Å². The maximum Gasteiger partial charge on any atom is 0.330 e. The van der Waals surface area contributed by atoms with Gasteiger partial charge in [-0.25, -0.2) is 4.79 Å². The summed E-state index contributed by atoms with van der Waals surface area (Å²) in [6.45, 7) is 7.99. The van der Waals surface area contributed by atoms with E-state index in [4.69, 9.17) is 23.7 Å². The van der Waals surface area contributed by atoms with E-state index in [1.807, 2.05) is 0 Å². The van der Waals surface area contributed by atoms with E-state index in [-0.39, 0.29) is 6.61 Å². The van der Waals surface area contributed by atoms with Gasteiger partial charge in [-0.2, -0.15) is 0 Å². The maximum atomic E-state index is 10.7. The van der Waals surface area contributed by atoms with Crippen molar-refractivity contribution in [1.82, 2.24) is 0 Å². The monoisotopic (exact) mass is 458 g/mol. The van der Waals surface area contributed by atoms with Crippen LogP contribution in [0.25, 0.3) is 0 Å². The molecule has 0 aliphatic rings. The molecule has 0 spiro atoms. The van der Waals surface area contributed by atoms with Gasteiger partial charge in [0.1, 0.15) is 6.61 Å². The van der Waals surface area contributed by atoms with E-state index in [2.05, 4.69) is 29.2 Å². The highest BCUT2D eigenvalue weighted by Crippen LogP contribution is 2.02. The Labute approximate surface area is 159 Å². The number of alkyl halides is 1. The third-order valence-corrected chi connectivity index (χ3v) is 3.69. The molecule has 142 valence electrons.